The van der Waals surface area contributed by atoms with Gasteiger partial charge >= 0.3 is 0 Å². The molecule has 2 aliphatic rings. The summed E-state index contributed by atoms with van der Waals surface area (Å²) in [5, 5.41) is 6.15. The average Bonchev–Trinajstić information content (AvgIpc) is 3.14. The van der Waals surface area contributed by atoms with E-state index in [2.05, 4.69) is 33.9 Å². The number of aryl methyl sites for hydroxylation is 1. The number of aromatic nitrogens is 1. The average molecular weight is 377 g/mol. The van der Waals surface area contributed by atoms with Gasteiger partial charge in [0.05, 0.1) is 5.56 Å². The number of nitrogens with zero attached hydrogens (tertiary/aromatic N) is 1. The van der Waals surface area contributed by atoms with Crippen molar-refractivity contribution in [3.05, 3.63) is 72.1 Å². The minimum atomic E-state index is -0.164. The van der Waals surface area contributed by atoms with E-state index < -0.39 is 0 Å². The number of hydrogen-bond donors (Lipinski definition) is 2. The number of hydrogen-bond acceptors (Lipinski definition) is 2. The summed E-state index contributed by atoms with van der Waals surface area (Å²) in [7, 11) is 0. The third-order valence-corrected chi connectivity index (χ3v) is 6.17. The molecule has 1 saturated carbocycles. The standard InChI is InChI=1S/C23H27N3O2/c1-2-21(27)24-16-23(17-8-4-3-5-9-17)14-18(15-23)25-22(28)19-11-13-26-12-7-6-10-20(19)26/h2-5,8-9,11,13,18H,1,6-7,10,12,14-16H2,(H,24,27)(H,25,28). The van der Waals surface area contributed by atoms with Crippen molar-refractivity contribution >= 4 is 11.8 Å². The van der Waals surface area contributed by atoms with E-state index in [0.717, 1.165) is 43.5 Å². The van der Waals surface area contributed by atoms with E-state index in [1.807, 2.05) is 30.5 Å². The van der Waals surface area contributed by atoms with Gasteiger partial charge in [0.25, 0.3) is 5.91 Å². The normalized spacial score (nSPS) is 23.2. The topological polar surface area (TPSA) is 63.1 Å². The Kier molecular flexibility index (Phi) is 5.07. The highest BCUT2D eigenvalue weighted by molar-refractivity contribution is 5.95. The molecule has 0 radical (unpaired) electrons. The van der Waals surface area contributed by atoms with Gasteiger partial charge in [0.15, 0.2) is 0 Å². The predicted octanol–water partition coefficient (Wildman–Crippen LogP) is 2.96. The van der Waals surface area contributed by atoms with Crippen LogP contribution in [-0.4, -0.2) is 29.0 Å². The van der Waals surface area contributed by atoms with Gasteiger partial charge in [0.2, 0.25) is 5.91 Å². The molecular formula is C23H27N3O2. The Morgan fingerprint density at radius 3 is 2.71 bits per heavy atom. The Bertz CT molecular complexity index is 879. The molecule has 5 nitrogen and oxygen atoms in total. The number of benzene rings is 1. The molecule has 0 unspecified atom stereocenters. The molecule has 1 aliphatic carbocycles. The quantitative estimate of drug-likeness (QED) is 0.761. The third kappa shape index (κ3) is 3.49. The lowest BCUT2D eigenvalue weighted by Gasteiger charge is -2.48. The first-order chi connectivity index (χ1) is 13.6. The number of nitrogens with one attached hydrogen (secondary N) is 2. The smallest absolute Gasteiger partial charge is 0.253 e. The van der Waals surface area contributed by atoms with Crippen molar-refractivity contribution in [2.75, 3.05) is 6.54 Å². The lowest BCUT2D eigenvalue weighted by atomic mass is 9.61. The molecule has 0 spiro atoms. The van der Waals surface area contributed by atoms with Crippen LogP contribution in [0.4, 0.5) is 0 Å². The summed E-state index contributed by atoms with van der Waals surface area (Å²) in [5.41, 5.74) is 3.04. The van der Waals surface area contributed by atoms with Gasteiger partial charge in [-0.15, -0.1) is 0 Å². The zero-order chi connectivity index (χ0) is 19.6. The summed E-state index contributed by atoms with van der Waals surface area (Å²) in [6.07, 6.45) is 8.26. The summed E-state index contributed by atoms with van der Waals surface area (Å²) in [5.74, 6) is -0.138. The van der Waals surface area contributed by atoms with Crippen LogP contribution in [0.2, 0.25) is 0 Å². The maximum absolute atomic E-state index is 12.8. The molecule has 2 N–H and O–H groups in total. The molecule has 2 heterocycles. The van der Waals surface area contributed by atoms with E-state index in [1.54, 1.807) is 0 Å². The van der Waals surface area contributed by atoms with Crippen molar-refractivity contribution in [1.29, 1.82) is 0 Å². The first-order valence-corrected chi connectivity index (χ1v) is 10.1. The molecule has 4 rings (SSSR count). The molecule has 0 bridgehead atoms. The van der Waals surface area contributed by atoms with Crippen molar-refractivity contribution in [3.8, 4) is 0 Å². The monoisotopic (exact) mass is 377 g/mol. The van der Waals surface area contributed by atoms with Crippen molar-refractivity contribution in [2.24, 2.45) is 0 Å². The lowest BCUT2D eigenvalue weighted by Crippen LogP contribution is -2.57. The molecule has 28 heavy (non-hydrogen) atoms. The van der Waals surface area contributed by atoms with E-state index >= 15 is 0 Å². The first-order valence-electron chi connectivity index (χ1n) is 10.1. The van der Waals surface area contributed by atoms with Gasteiger partial charge in [0, 0.05) is 36.4 Å². The van der Waals surface area contributed by atoms with Crippen LogP contribution in [0.1, 0.15) is 47.3 Å². The van der Waals surface area contributed by atoms with E-state index in [4.69, 9.17) is 0 Å². The van der Waals surface area contributed by atoms with Gasteiger partial charge in [-0.25, -0.2) is 0 Å². The van der Waals surface area contributed by atoms with Crippen LogP contribution in [0.5, 0.6) is 0 Å². The number of rotatable bonds is 6. The zero-order valence-electron chi connectivity index (χ0n) is 16.1. The van der Waals surface area contributed by atoms with Gasteiger partial charge in [0.1, 0.15) is 0 Å². The fourth-order valence-corrected chi connectivity index (χ4v) is 4.63. The van der Waals surface area contributed by atoms with Crippen molar-refractivity contribution in [2.45, 2.75) is 50.1 Å². The maximum Gasteiger partial charge on any atom is 0.253 e. The summed E-state index contributed by atoms with van der Waals surface area (Å²) in [6.45, 7) is 5.08. The van der Waals surface area contributed by atoms with Crippen LogP contribution < -0.4 is 10.6 Å². The largest absolute Gasteiger partial charge is 0.352 e. The third-order valence-electron chi connectivity index (χ3n) is 6.17. The van der Waals surface area contributed by atoms with E-state index in [-0.39, 0.29) is 23.3 Å². The fraction of sp³-hybridized carbons (Fsp3) is 0.391. The highest BCUT2D eigenvalue weighted by Gasteiger charge is 2.46. The van der Waals surface area contributed by atoms with Crippen LogP contribution in [0.25, 0.3) is 0 Å². The van der Waals surface area contributed by atoms with Gasteiger partial charge in [-0.05, 0) is 49.8 Å². The van der Waals surface area contributed by atoms with Gasteiger partial charge in [-0.3, -0.25) is 9.59 Å². The Morgan fingerprint density at radius 2 is 1.96 bits per heavy atom. The molecule has 1 aliphatic heterocycles. The number of fused-ring (bicyclic) bond motifs is 1. The van der Waals surface area contributed by atoms with Crippen molar-refractivity contribution in [1.82, 2.24) is 15.2 Å². The van der Waals surface area contributed by atoms with Crippen LogP contribution in [0, 0.1) is 0 Å². The Morgan fingerprint density at radius 1 is 1.18 bits per heavy atom. The number of carbonyl (C=O) groups excluding carboxylic acids is 2. The second-order valence-electron chi connectivity index (χ2n) is 7.97. The number of carbonyl (C=O) groups is 2. The molecule has 1 aromatic heterocycles. The molecule has 5 heteroatoms. The first kappa shape index (κ1) is 18.5. The lowest BCUT2D eigenvalue weighted by molar-refractivity contribution is -0.117. The number of amides is 2. The molecular weight excluding hydrogens is 350 g/mol. The van der Waals surface area contributed by atoms with E-state index in [1.165, 1.54) is 18.1 Å². The maximum atomic E-state index is 12.8. The molecule has 146 valence electrons. The minimum absolute atomic E-state index is 0.0254. The summed E-state index contributed by atoms with van der Waals surface area (Å²) in [4.78, 5) is 24.5. The van der Waals surface area contributed by atoms with Gasteiger partial charge in [-0.2, -0.15) is 0 Å². The predicted molar refractivity (Wildman–Crippen MR) is 109 cm³/mol. The molecule has 1 aromatic carbocycles. The van der Waals surface area contributed by atoms with Crippen LogP contribution in [0.3, 0.4) is 0 Å². The fourth-order valence-electron chi connectivity index (χ4n) is 4.63. The molecule has 0 atom stereocenters. The Balaban J connectivity index is 1.44. The zero-order valence-corrected chi connectivity index (χ0v) is 16.1. The van der Waals surface area contributed by atoms with Crippen molar-refractivity contribution < 1.29 is 9.59 Å². The van der Waals surface area contributed by atoms with Gasteiger partial charge < -0.3 is 15.2 Å². The Labute approximate surface area is 165 Å². The van der Waals surface area contributed by atoms with Crippen molar-refractivity contribution in [3.63, 3.8) is 0 Å². The molecule has 2 aromatic rings. The summed E-state index contributed by atoms with van der Waals surface area (Å²) < 4.78 is 2.21. The molecule has 0 saturated heterocycles. The van der Waals surface area contributed by atoms with Crippen LogP contribution >= 0.6 is 0 Å². The van der Waals surface area contributed by atoms with E-state index in [9.17, 15) is 9.59 Å². The highest BCUT2D eigenvalue weighted by atomic mass is 16.2. The minimum Gasteiger partial charge on any atom is -0.352 e. The second kappa shape index (κ2) is 7.66. The Hall–Kier alpha value is -2.82. The summed E-state index contributed by atoms with van der Waals surface area (Å²) >= 11 is 0. The van der Waals surface area contributed by atoms with Crippen LogP contribution in [-0.2, 0) is 23.2 Å². The van der Waals surface area contributed by atoms with E-state index in [0.29, 0.717) is 6.54 Å². The van der Waals surface area contributed by atoms with Gasteiger partial charge in [-0.1, -0.05) is 36.9 Å². The summed E-state index contributed by atoms with van der Waals surface area (Å²) in [6, 6.07) is 12.3. The second-order valence-corrected chi connectivity index (χ2v) is 7.97. The molecule has 2 amide bonds. The SMILES string of the molecule is C=CC(=O)NCC1(c2ccccc2)CC(NC(=O)c2ccn3c2CCCC3)C1. The highest BCUT2D eigenvalue weighted by Crippen LogP contribution is 2.43. The molecule has 1 fully saturated rings. The van der Waals surface area contributed by atoms with Crippen LogP contribution in [0.15, 0.2) is 55.3 Å².